The first-order chi connectivity index (χ1) is 9.95. The summed E-state index contributed by atoms with van der Waals surface area (Å²) in [5, 5.41) is 6.70. The first-order valence-electron chi connectivity index (χ1n) is 7.20. The number of para-hydroxylation sites is 1. The van der Waals surface area contributed by atoms with Gasteiger partial charge in [0.1, 0.15) is 5.75 Å². The number of thiazole rings is 1. The van der Waals surface area contributed by atoms with Gasteiger partial charge < -0.3 is 10.1 Å². The third kappa shape index (κ3) is 3.83. The number of ether oxygens (including phenoxy) is 1. The van der Waals surface area contributed by atoms with Crippen LogP contribution >= 0.6 is 11.3 Å². The predicted octanol–water partition coefficient (Wildman–Crippen LogP) is 3.95. The topological polar surface area (TPSA) is 34.2 Å². The average Bonchev–Trinajstić information content (AvgIpc) is 2.93. The standard InChI is InChI=1S/C17H24N2OS/c1-17(2,3)15-11-21-16(19-15)10-13(18-4)12-8-6-7-9-14(12)20-5/h6-9,11,13,18H,10H2,1-5H3. The number of likely N-dealkylation sites (N-methyl/N-ethyl adjacent to an activating group) is 1. The molecule has 1 aromatic carbocycles. The summed E-state index contributed by atoms with van der Waals surface area (Å²) in [6.45, 7) is 6.59. The number of methoxy groups -OCH3 is 1. The Labute approximate surface area is 131 Å². The highest BCUT2D eigenvalue weighted by Gasteiger charge is 2.20. The molecular formula is C17H24N2OS. The molecule has 114 valence electrons. The van der Waals surface area contributed by atoms with E-state index in [-0.39, 0.29) is 11.5 Å². The molecule has 0 saturated carbocycles. The van der Waals surface area contributed by atoms with Crippen molar-refractivity contribution < 1.29 is 4.74 Å². The monoisotopic (exact) mass is 304 g/mol. The van der Waals surface area contributed by atoms with Gasteiger partial charge in [0.15, 0.2) is 0 Å². The number of hydrogen-bond donors (Lipinski definition) is 1. The minimum Gasteiger partial charge on any atom is -0.496 e. The van der Waals surface area contributed by atoms with Gasteiger partial charge in [-0.25, -0.2) is 4.98 Å². The van der Waals surface area contributed by atoms with Crippen molar-refractivity contribution in [2.45, 2.75) is 38.6 Å². The predicted molar refractivity (Wildman–Crippen MR) is 89.3 cm³/mol. The second kappa shape index (κ2) is 6.58. The lowest BCUT2D eigenvalue weighted by atomic mass is 9.93. The lowest BCUT2D eigenvalue weighted by Crippen LogP contribution is -2.20. The summed E-state index contributed by atoms with van der Waals surface area (Å²) < 4.78 is 5.47. The number of aromatic nitrogens is 1. The Morgan fingerprint density at radius 2 is 2.00 bits per heavy atom. The van der Waals surface area contributed by atoms with Crippen LogP contribution in [-0.2, 0) is 11.8 Å². The molecule has 0 bridgehead atoms. The van der Waals surface area contributed by atoms with Crippen LogP contribution in [0.25, 0.3) is 0 Å². The Balaban J connectivity index is 2.21. The van der Waals surface area contributed by atoms with Gasteiger partial charge in [-0.15, -0.1) is 11.3 Å². The second-order valence-corrected chi connectivity index (χ2v) is 7.11. The SMILES string of the molecule is CNC(Cc1nc(C(C)(C)C)cs1)c1ccccc1OC. The smallest absolute Gasteiger partial charge is 0.123 e. The Bertz CT molecular complexity index is 586. The second-order valence-electron chi connectivity index (χ2n) is 6.16. The summed E-state index contributed by atoms with van der Waals surface area (Å²) in [4.78, 5) is 4.79. The van der Waals surface area contributed by atoms with Crippen LogP contribution in [0.4, 0.5) is 0 Å². The van der Waals surface area contributed by atoms with Crippen molar-refractivity contribution in [1.82, 2.24) is 10.3 Å². The number of hydrogen-bond acceptors (Lipinski definition) is 4. The van der Waals surface area contributed by atoms with E-state index in [0.717, 1.165) is 22.9 Å². The molecule has 4 heteroatoms. The Morgan fingerprint density at radius 3 is 2.57 bits per heavy atom. The van der Waals surface area contributed by atoms with Gasteiger partial charge in [-0.1, -0.05) is 39.0 Å². The van der Waals surface area contributed by atoms with E-state index in [2.05, 4.69) is 37.5 Å². The van der Waals surface area contributed by atoms with E-state index < -0.39 is 0 Å². The normalized spacial score (nSPS) is 13.2. The van der Waals surface area contributed by atoms with Crippen molar-refractivity contribution in [3.63, 3.8) is 0 Å². The lowest BCUT2D eigenvalue weighted by Gasteiger charge is -2.18. The van der Waals surface area contributed by atoms with Gasteiger partial charge in [0.05, 0.1) is 17.8 Å². The lowest BCUT2D eigenvalue weighted by molar-refractivity contribution is 0.401. The molecule has 1 N–H and O–H groups in total. The molecule has 2 aromatic rings. The van der Waals surface area contributed by atoms with E-state index >= 15 is 0 Å². The molecule has 0 radical (unpaired) electrons. The molecule has 1 aromatic heterocycles. The van der Waals surface area contributed by atoms with Crippen LogP contribution in [-0.4, -0.2) is 19.1 Å². The molecule has 1 atom stereocenters. The maximum Gasteiger partial charge on any atom is 0.123 e. The Kier molecular flexibility index (Phi) is 5.01. The van der Waals surface area contributed by atoms with Crippen molar-refractivity contribution in [3.8, 4) is 5.75 Å². The van der Waals surface area contributed by atoms with Gasteiger partial charge in [0.25, 0.3) is 0 Å². The van der Waals surface area contributed by atoms with E-state index in [1.807, 2.05) is 25.2 Å². The van der Waals surface area contributed by atoms with Crippen LogP contribution in [0.2, 0.25) is 0 Å². The van der Waals surface area contributed by atoms with Gasteiger partial charge in [-0.3, -0.25) is 0 Å². The van der Waals surface area contributed by atoms with Crippen molar-refractivity contribution >= 4 is 11.3 Å². The number of rotatable bonds is 5. The fraction of sp³-hybridized carbons (Fsp3) is 0.471. The zero-order chi connectivity index (χ0) is 15.5. The molecular weight excluding hydrogens is 280 g/mol. The minimum absolute atomic E-state index is 0.105. The van der Waals surface area contributed by atoms with Crippen molar-refractivity contribution in [3.05, 3.63) is 45.9 Å². The molecule has 21 heavy (non-hydrogen) atoms. The van der Waals surface area contributed by atoms with Crippen molar-refractivity contribution in [2.75, 3.05) is 14.2 Å². The molecule has 1 unspecified atom stereocenters. The molecule has 0 aliphatic heterocycles. The van der Waals surface area contributed by atoms with Crippen LogP contribution in [0, 0.1) is 0 Å². The summed E-state index contributed by atoms with van der Waals surface area (Å²) >= 11 is 1.74. The molecule has 0 aliphatic rings. The van der Waals surface area contributed by atoms with Crippen molar-refractivity contribution in [1.29, 1.82) is 0 Å². The summed E-state index contributed by atoms with van der Waals surface area (Å²) in [6.07, 6.45) is 0.873. The van der Waals surface area contributed by atoms with Crippen LogP contribution in [0.5, 0.6) is 5.75 Å². The number of nitrogens with one attached hydrogen (secondary N) is 1. The van der Waals surface area contributed by atoms with Crippen LogP contribution in [0.3, 0.4) is 0 Å². The first-order valence-corrected chi connectivity index (χ1v) is 8.08. The maximum atomic E-state index is 5.47. The molecule has 0 spiro atoms. The largest absolute Gasteiger partial charge is 0.496 e. The zero-order valence-corrected chi connectivity index (χ0v) is 14.3. The summed E-state index contributed by atoms with van der Waals surface area (Å²) in [5.41, 5.74) is 2.45. The van der Waals surface area contributed by atoms with Crippen LogP contribution in [0.15, 0.2) is 29.6 Å². The highest BCUT2D eigenvalue weighted by Crippen LogP contribution is 2.30. The first kappa shape index (κ1) is 16.0. The van der Waals surface area contributed by atoms with E-state index in [1.54, 1.807) is 18.4 Å². The van der Waals surface area contributed by atoms with Gasteiger partial charge in [-0.2, -0.15) is 0 Å². The van der Waals surface area contributed by atoms with Gasteiger partial charge in [-0.05, 0) is 13.1 Å². The van der Waals surface area contributed by atoms with Gasteiger partial charge in [0.2, 0.25) is 0 Å². The molecule has 1 heterocycles. The zero-order valence-electron chi connectivity index (χ0n) is 13.4. The van der Waals surface area contributed by atoms with Gasteiger partial charge >= 0.3 is 0 Å². The third-order valence-corrected chi connectivity index (χ3v) is 4.43. The highest BCUT2D eigenvalue weighted by molar-refractivity contribution is 7.09. The van der Waals surface area contributed by atoms with E-state index in [4.69, 9.17) is 9.72 Å². The molecule has 2 rings (SSSR count). The number of nitrogens with zero attached hydrogens (tertiary/aromatic N) is 1. The molecule has 0 aliphatic carbocycles. The highest BCUT2D eigenvalue weighted by atomic mass is 32.1. The summed E-state index contributed by atoms with van der Waals surface area (Å²) in [5.74, 6) is 0.921. The van der Waals surface area contributed by atoms with E-state index in [9.17, 15) is 0 Å². The van der Waals surface area contributed by atoms with Crippen LogP contribution < -0.4 is 10.1 Å². The van der Waals surface area contributed by atoms with Crippen LogP contribution in [0.1, 0.15) is 43.1 Å². The van der Waals surface area contributed by atoms with E-state index in [1.165, 1.54) is 5.56 Å². The Morgan fingerprint density at radius 1 is 1.29 bits per heavy atom. The quantitative estimate of drug-likeness (QED) is 0.908. The minimum atomic E-state index is 0.105. The third-order valence-electron chi connectivity index (χ3n) is 3.56. The maximum absolute atomic E-state index is 5.47. The van der Waals surface area contributed by atoms with E-state index in [0.29, 0.717) is 0 Å². The summed E-state index contributed by atoms with van der Waals surface area (Å²) in [7, 11) is 3.70. The average molecular weight is 304 g/mol. The fourth-order valence-electron chi connectivity index (χ4n) is 2.25. The molecule has 0 fully saturated rings. The van der Waals surface area contributed by atoms with Gasteiger partial charge in [0, 0.05) is 28.8 Å². The molecule has 0 amide bonds. The Hall–Kier alpha value is -1.39. The summed E-state index contributed by atoms with van der Waals surface area (Å²) in [6, 6.07) is 8.36. The fourth-order valence-corrected chi connectivity index (χ4v) is 3.31. The van der Waals surface area contributed by atoms with Crippen molar-refractivity contribution in [2.24, 2.45) is 0 Å². The molecule has 3 nitrogen and oxygen atoms in total. The molecule has 0 saturated heterocycles. The number of benzene rings is 1.